The number of nitrogens with zero attached hydrogens (tertiary/aromatic N) is 1. The Hall–Kier alpha value is -0.560. The SMILES string of the molecule is C=CC[N+](C)(C)CC=CCCCCCCCCCCCCCCCC. The van der Waals surface area contributed by atoms with Gasteiger partial charge in [0.2, 0.25) is 0 Å². The van der Waals surface area contributed by atoms with Gasteiger partial charge in [-0.15, -0.1) is 0 Å². The lowest BCUT2D eigenvalue weighted by Crippen LogP contribution is -2.39. The maximum atomic E-state index is 3.83. The van der Waals surface area contributed by atoms with Gasteiger partial charge in [0.05, 0.1) is 27.2 Å². The van der Waals surface area contributed by atoms with Gasteiger partial charge in [-0.1, -0.05) is 103 Å². The first-order valence-electron chi connectivity index (χ1n) is 11.2. The number of quaternary nitrogens is 1. The Morgan fingerprint density at radius 1 is 0.600 bits per heavy atom. The standard InChI is InChI=1S/C24H48N/c1-5-7-8-9-10-11-12-13-14-15-16-17-18-19-20-21-22-24-25(3,4)23-6-2/h6,21-22H,2,5,7-20,23-24H2,1,3-4H3/q+1. The second-order valence-electron chi connectivity index (χ2n) is 8.45. The van der Waals surface area contributed by atoms with E-state index >= 15 is 0 Å². The molecule has 0 rings (SSSR count). The maximum Gasteiger partial charge on any atom is 0.0972 e. The molecule has 1 nitrogen and oxygen atoms in total. The molecule has 1 heteroatoms. The lowest BCUT2D eigenvalue weighted by Gasteiger charge is -2.26. The monoisotopic (exact) mass is 350 g/mol. The zero-order valence-electron chi connectivity index (χ0n) is 17.9. The van der Waals surface area contributed by atoms with Gasteiger partial charge in [0, 0.05) is 0 Å². The van der Waals surface area contributed by atoms with Crippen LogP contribution < -0.4 is 0 Å². The van der Waals surface area contributed by atoms with E-state index in [2.05, 4.69) is 39.8 Å². The Morgan fingerprint density at radius 3 is 1.48 bits per heavy atom. The van der Waals surface area contributed by atoms with E-state index in [1.807, 2.05) is 6.08 Å². The van der Waals surface area contributed by atoms with Crippen LogP contribution in [-0.4, -0.2) is 31.7 Å². The summed E-state index contributed by atoms with van der Waals surface area (Å²) < 4.78 is 1.01. The van der Waals surface area contributed by atoms with Crippen LogP contribution in [-0.2, 0) is 0 Å². The molecule has 0 saturated heterocycles. The smallest absolute Gasteiger partial charge is 0.0972 e. The first-order valence-corrected chi connectivity index (χ1v) is 11.2. The normalized spacial score (nSPS) is 12.1. The summed E-state index contributed by atoms with van der Waals surface area (Å²) in [6.07, 6.45) is 28.2. The predicted octanol–water partition coefficient (Wildman–Crippen LogP) is 7.68. The molecule has 0 aromatic heterocycles. The van der Waals surface area contributed by atoms with Gasteiger partial charge in [-0.2, -0.15) is 0 Å². The third-order valence-corrected chi connectivity index (χ3v) is 5.11. The highest BCUT2D eigenvalue weighted by Crippen LogP contribution is 2.13. The summed E-state index contributed by atoms with van der Waals surface area (Å²) in [5.74, 6) is 0. The molecule has 0 saturated carbocycles. The molecule has 25 heavy (non-hydrogen) atoms. The highest BCUT2D eigenvalue weighted by Gasteiger charge is 2.08. The maximum absolute atomic E-state index is 3.83. The third-order valence-electron chi connectivity index (χ3n) is 5.11. The zero-order valence-corrected chi connectivity index (χ0v) is 17.9. The van der Waals surface area contributed by atoms with Gasteiger partial charge in [0.1, 0.15) is 0 Å². The average Bonchev–Trinajstić information content (AvgIpc) is 2.57. The van der Waals surface area contributed by atoms with Gasteiger partial charge in [0.25, 0.3) is 0 Å². The second-order valence-corrected chi connectivity index (χ2v) is 8.45. The van der Waals surface area contributed by atoms with Crippen LogP contribution in [0.5, 0.6) is 0 Å². The van der Waals surface area contributed by atoms with E-state index < -0.39 is 0 Å². The minimum atomic E-state index is 1.01. The van der Waals surface area contributed by atoms with Crippen molar-refractivity contribution in [3.63, 3.8) is 0 Å². The van der Waals surface area contributed by atoms with Crippen LogP contribution in [0.3, 0.4) is 0 Å². The lowest BCUT2D eigenvalue weighted by atomic mass is 10.0. The molecule has 0 aliphatic rings. The molecule has 0 atom stereocenters. The fourth-order valence-corrected chi connectivity index (χ4v) is 3.36. The molecular weight excluding hydrogens is 302 g/mol. The van der Waals surface area contributed by atoms with E-state index in [0.29, 0.717) is 0 Å². The molecule has 0 amide bonds. The minimum absolute atomic E-state index is 1.01. The molecule has 148 valence electrons. The van der Waals surface area contributed by atoms with Crippen molar-refractivity contribution in [3.05, 3.63) is 24.8 Å². The highest BCUT2D eigenvalue weighted by molar-refractivity contribution is 4.82. The first-order chi connectivity index (χ1) is 12.1. The van der Waals surface area contributed by atoms with Crippen LogP contribution in [0.1, 0.15) is 103 Å². The number of allylic oxidation sites excluding steroid dienone is 1. The lowest BCUT2D eigenvalue weighted by molar-refractivity contribution is -0.878. The van der Waals surface area contributed by atoms with Crippen molar-refractivity contribution in [2.24, 2.45) is 0 Å². The number of hydrogen-bond donors (Lipinski definition) is 0. The van der Waals surface area contributed by atoms with Crippen molar-refractivity contribution >= 4 is 0 Å². The summed E-state index contributed by atoms with van der Waals surface area (Å²) in [6.45, 7) is 8.29. The molecule has 0 aromatic rings. The summed E-state index contributed by atoms with van der Waals surface area (Å²) in [5.41, 5.74) is 0. The molecule has 0 bridgehead atoms. The van der Waals surface area contributed by atoms with E-state index in [-0.39, 0.29) is 0 Å². The van der Waals surface area contributed by atoms with E-state index in [1.165, 1.54) is 96.3 Å². The van der Waals surface area contributed by atoms with E-state index in [0.717, 1.165) is 17.6 Å². The van der Waals surface area contributed by atoms with Crippen molar-refractivity contribution in [1.29, 1.82) is 0 Å². The van der Waals surface area contributed by atoms with E-state index in [9.17, 15) is 0 Å². The Labute approximate surface area is 160 Å². The Kier molecular flexibility index (Phi) is 17.8. The van der Waals surface area contributed by atoms with E-state index in [4.69, 9.17) is 0 Å². The van der Waals surface area contributed by atoms with Gasteiger partial charge >= 0.3 is 0 Å². The van der Waals surface area contributed by atoms with Gasteiger partial charge in [-0.05, 0) is 25.0 Å². The van der Waals surface area contributed by atoms with Gasteiger partial charge in [0.15, 0.2) is 0 Å². The van der Waals surface area contributed by atoms with Crippen molar-refractivity contribution in [1.82, 2.24) is 0 Å². The van der Waals surface area contributed by atoms with Gasteiger partial charge < -0.3 is 4.48 Å². The number of likely N-dealkylation sites (N-methyl/N-ethyl adjacent to an activating group) is 1. The largest absolute Gasteiger partial charge is 0.322 e. The van der Waals surface area contributed by atoms with Crippen LogP contribution in [0.4, 0.5) is 0 Å². The summed E-state index contributed by atoms with van der Waals surface area (Å²) in [7, 11) is 4.52. The Balaban J connectivity index is 3.20. The molecule has 0 aliphatic carbocycles. The molecule has 0 aromatic carbocycles. The fraction of sp³-hybridized carbons (Fsp3) is 0.833. The molecule has 0 spiro atoms. The van der Waals surface area contributed by atoms with Crippen molar-refractivity contribution < 1.29 is 4.48 Å². The summed E-state index contributed by atoms with van der Waals surface area (Å²) >= 11 is 0. The number of hydrogen-bond acceptors (Lipinski definition) is 0. The van der Waals surface area contributed by atoms with Crippen molar-refractivity contribution in [2.45, 2.75) is 103 Å². The predicted molar refractivity (Wildman–Crippen MR) is 116 cm³/mol. The molecule has 0 heterocycles. The summed E-state index contributed by atoms with van der Waals surface area (Å²) in [6, 6.07) is 0. The number of rotatable bonds is 19. The fourth-order valence-electron chi connectivity index (χ4n) is 3.36. The topological polar surface area (TPSA) is 0 Å². The molecule has 0 aliphatic heterocycles. The zero-order chi connectivity index (χ0) is 18.6. The first kappa shape index (κ1) is 24.4. The highest BCUT2D eigenvalue weighted by atomic mass is 15.3. The molecular formula is C24H48N+. The van der Waals surface area contributed by atoms with E-state index in [1.54, 1.807) is 0 Å². The van der Waals surface area contributed by atoms with Crippen LogP contribution in [0.25, 0.3) is 0 Å². The Morgan fingerprint density at radius 2 is 1.04 bits per heavy atom. The van der Waals surface area contributed by atoms with Crippen molar-refractivity contribution in [3.8, 4) is 0 Å². The third kappa shape index (κ3) is 19.6. The molecule has 0 unspecified atom stereocenters. The van der Waals surface area contributed by atoms with Gasteiger partial charge in [-0.3, -0.25) is 0 Å². The molecule has 0 N–H and O–H groups in total. The Bertz CT molecular complexity index is 303. The van der Waals surface area contributed by atoms with Crippen LogP contribution in [0, 0.1) is 0 Å². The molecule has 0 radical (unpaired) electrons. The van der Waals surface area contributed by atoms with Crippen LogP contribution in [0.15, 0.2) is 24.8 Å². The second kappa shape index (κ2) is 18.2. The van der Waals surface area contributed by atoms with Crippen LogP contribution >= 0.6 is 0 Å². The van der Waals surface area contributed by atoms with Crippen molar-refractivity contribution in [2.75, 3.05) is 27.2 Å². The quantitative estimate of drug-likeness (QED) is 0.127. The summed E-state index contributed by atoms with van der Waals surface area (Å²) in [4.78, 5) is 0. The minimum Gasteiger partial charge on any atom is -0.322 e. The average molecular weight is 351 g/mol. The molecule has 0 fully saturated rings. The number of unbranched alkanes of at least 4 members (excludes halogenated alkanes) is 14. The summed E-state index contributed by atoms with van der Waals surface area (Å²) in [5, 5.41) is 0. The van der Waals surface area contributed by atoms with Gasteiger partial charge in [-0.25, -0.2) is 0 Å². The van der Waals surface area contributed by atoms with Crippen LogP contribution in [0.2, 0.25) is 0 Å².